The summed E-state index contributed by atoms with van der Waals surface area (Å²) < 4.78 is 1.06. The van der Waals surface area contributed by atoms with E-state index in [4.69, 9.17) is 5.73 Å². The molecule has 0 spiro atoms. The molecule has 2 rings (SSSR count). The van der Waals surface area contributed by atoms with Crippen LogP contribution in [-0.2, 0) is 6.42 Å². The first-order chi connectivity index (χ1) is 6.20. The number of nitrogens with two attached hydrogens (primary N) is 1. The lowest BCUT2D eigenvalue weighted by Gasteiger charge is -1.96. The van der Waals surface area contributed by atoms with Crippen molar-refractivity contribution < 1.29 is 5.11 Å². The Kier molecular flexibility index (Phi) is 1.88. The maximum atomic E-state index is 9.59. The number of benzene rings is 1. The number of hydrogen-bond acceptors (Lipinski definition) is 3. The van der Waals surface area contributed by atoms with E-state index in [-0.39, 0.29) is 5.75 Å². The number of thiophene rings is 1. The molecule has 3 heteroatoms. The van der Waals surface area contributed by atoms with Crippen LogP contribution < -0.4 is 5.73 Å². The number of phenolic OH excluding ortho intramolecular Hbond substituents is 1. The molecule has 0 aliphatic carbocycles. The SMILES string of the molecule is CCc1cc2c(O)cc(N)cc2s1. The van der Waals surface area contributed by atoms with Gasteiger partial charge in [0.05, 0.1) is 0 Å². The van der Waals surface area contributed by atoms with Gasteiger partial charge in [-0.2, -0.15) is 0 Å². The molecule has 0 atom stereocenters. The fourth-order valence-electron chi connectivity index (χ4n) is 1.37. The van der Waals surface area contributed by atoms with E-state index in [0.717, 1.165) is 16.5 Å². The maximum absolute atomic E-state index is 9.59. The number of aryl methyl sites for hydroxylation is 1. The maximum Gasteiger partial charge on any atom is 0.126 e. The van der Waals surface area contributed by atoms with Gasteiger partial charge in [-0.3, -0.25) is 0 Å². The van der Waals surface area contributed by atoms with Crippen LogP contribution in [0.15, 0.2) is 18.2 Å². The number of fused-ring (bicyclic) bond motifs is 1. The smallest absolute Gasteiger partial charge is 0.126 e. The molecule has 0 saturated heterocycles. The van der Waals surface area contributed by atoms with Crippen molar-refractivity contribution >= 4 is 27.1 Å². The summed E-state index contributed by atoms with van der Waals surface area (Å²) in [7, 11) is 0. The second-order valence-corrected chi connectivity index (χ2v) is 4.19. The van der Waals surface area contributed by atoms with E-state index >= 15 is 0 Å². The van der Waals surface area contributed by atoms with E-state index in [1.165, 1.54) is 4.88 Å². The molecule has 0 saturated carbocycles. The molecule has 0 unspecified atom stereocenters. The summed E-state index contributed by atoms with van der Waals surface area (Å²) in [4.78, 5) is 1.27. The van der Waals surface area contributed by atoms with Crippen LogP contribution in [0.2, 0.25) is 0 Å². The quantitative estimate of drug-likeness (QED) is 0.684. The normalized spacial score (nSPS) is 10.8. The molecule has 0 bridgehead atoms. The zero-order valence-electron chi connectivity index (χ0n) is 7.37. The standard InChI is InChI=1S/C10H11NOS/c1-2-7-5-8-9(12)3-6(11)4-10(8)13-7/h3-5,12H,2,11H2,1H3. The van der Waals surface area contributed by atoms with E-state index in [2.05, 4.69) is 6.92 Å². The van der Waals surface area contributed by atoms with Crippen LogP contribution in [0.4, 0.5) is 5.69 Å². The van der Waals surface area contributed by atoms with Crippen LogP contribution in [0.25, 0.3) is 10.1 Å². The van der Waals surface area contributed by atoms with Gasteiger partial charge in [-0.25, -0.2) is 0 Å². The van der Waals surface area contributed by atoms with E-state index in [1.807, 2.05) is 12.1 Å². The third-order valence-electron chi connectivity index (χ3n) is 2.04. The average Bonchev–Trinajstić information content (AvgIpc) is 2.47. The molecule has 0 radical (unpaired) electrons. The van der Waals surface area contributed by atoms with Gasteiger partial charge in [-0.15, -0.1) is 11.3 Å². The van der Waals surface area contributed by atoms with Gasteiger partial charge in [0.2, 0.25) is 0 Å². The van der Waals surface area contributed by atoms with Crippen molar-refractivity contribution in [3.05, 3.63) is 23.1 Å². The van der Waals surface area contributed by atoms with Crippen LogP contribution in [0, 0.1) is 0 Å². The number of anilines is 1. The second kappa shape index (κ2) is 2.92. The van der Waals surface area contributed by atoms with Crippen molar-refractivity contribution in [2.75, 3.05) is 5.73 Å². The summed E-state index contributed by atoms with van der Waals surface area (Å²) in [6, 6.07) is 5.52. The number of phenols is 1. The second-order valence-electron chi connectivity index (χ2n) is 3.02. The van der Waals surface area contributed by atoms with E-state index in [1.54, 1.807) is 17.4 Å². The molecule has 0 amide bonds. The van der Waals surface area contributed by atoms with Crippen molar-refractivity contribution in [2.45, 2.75) is 13.3 Å². The summed E-state index contributed by atoms with van der Waals surface area (Å²) in [6.45, 7) is 2.10. The highest BCUT2D eigenvalue weighted by molar-refractivity contribution is 7.19. The van der Waals surface area contributed by atoms with Crippen molar-refractivity contribution in [1.29, 1.82) is 0 Å². The Morgan fingerprint density at radius 2 is 2.15 bits per heavy atom. The minimum Gasteiger partial charge on any atom is -0.507 e. The van der Waals surface area contributed by atoms with Gasteiger partial charge in [0.25, 0.3) is 0 Å². The minimum atomic E-state index is 0.283. The molecular formula is C10H11NOS. The summed E-state index contributed by atoms with van der Waals surface area (Å²) in [5.74, 6) is 0.283. The molecule has 0 aliphatic heterocycles. The molecule has 68 valence electrons. The highest BCUT2D eigenvalue weighted by atomic mass is 32.1. The first-order valence-electron chi connectivity index (χ1n) is 4.21. The van der Waals surface area contributed by atoms with Crippen molar-refractivity contribution in [3.63, 3.8) is 0 Å². The Hall–Kier alpha value is -1.22. The van der Waals surface area contributed by atoms with Crippen LogP contribution in [-0.4, -0.2) is 5.11 Å². The number of rotatable bonds is 1. The largest absolute Gasteiger partial charge is 0.507 e. The third-order valence-corrected chi connectivity index (χ3v) is 3.26. The predicted molar refractivity (Wildman–Crippen MR) is 57.3 cm³/mol. The topological polar surface area (TPSA) is 46.2 Å². The molecule has 1 aromatic carbocycles. The minimum absolute atomic E-state index is 0.283. The van der Waals surface area contributed by atoms with E-state index in [9.17, 15) is 5.11 Å². The molecule has 1 aromatic heterocycles. The Morgan fingerprint density at radius 1 is 1.38 bits per heavy atom. The van der Waals surface area contributed by atoms with Crippen molar-refractivity contribution in [1.82, 2.24) is 0 Å². The Labute approximate surface area is 80.6 Å². The lowest BCUT2D eigenvalue weighted by molar-refractivity contribution is 0.482. The monoisotopic (exact) mass is 193 g/mol. The van der Waals surface area contributed by atoms with Crippen molar-refractivity contribution in [3.8, 4) is 5.75 Å². The molecular weight excluding hydrogens is 182 g/mol. The number of aromatic hydroxyl groups is 1. The molecule has 3 N–H and O–H groups in total. The number of nitrogen functional groups attached to an aromatic ring is 1. The fourth-order valence-corrected chi connectivity index (χ4v) is 2.44. The Balaban J connectivity index is 2.75. The number of hydrogen-bond donors (Lipinski definition) is 2. The summed E-state index contributed by atoms with van der Waals surface area (Å²) >= 11 is 1.69. The summed E-state index contributed by atoms with van der Waals surface area (Å²) in [5, 5.41) is 10.5. The van der Waals surface area contributed by atoms with Gasteiger partial charge in [0.15, 0.2) is 0 Å². The molecule has 1 heterocycles. The summed E-state index contributed by atoms with van der Waals surface area (Å²) in [6.07, 6.45) is 0.999. The van der Waals surface area contributed by atoms with Gasteiger partial charge < -0.3 is 10.8 Å². The Bertz CT molecular complexity index is 447. The third kappa shape index (κ3) is 1.35. The lowest BCUT2D eigenvalue weighted by atomic mass is 10.2. The first-order valence-corrected chi connectivity index (χ1v) is 5.03. The van der Waals surface area contributed by atoms with E-state index in [0.29, 0.717) is 5.69 Å². The van der Waals surface area contributed by atoms with Crippen LogP contribution in [0.3, 0.4) is 0 Å². The summed E-state index contributed by atoms with van der Waals surface area (Å²) in [5.41, 5.74) is 6.24. The van der Waals surface area contributed by atoms with E-state index < -0.39 is 0 Å². The van der Waals surface area contributed by atoms with Crippen molar-refractivity contribution in [2.24, 2.45) is 0 Å². The fraction of sp³-hybridized carbons (Fsp3) is 0.200. The molecule has 0 fully saturated rings. The lowest BCUT2D eigenvalue weighted by Crippen LogP contribution is -1.82. The Morgan fingerprint density at radius 3 is 2.85 bits per heavy atom. The van der Waals surface area contributed by atoms with Gasteiger partial charge in [0, 0.05) is 26.7 Å². The van der Waals surface area contributed by atoms with Crippen LogP contribution >= 0.6 is 11.3 Å². The molecule has 2 aromatic rings. The van der Waals surface area contributed by atoms with Gasteiger partial charge in [0.1, 0.15) is 5.75 Å². The zero-order chi connectivity index (χ0) is 9.42. The molecule has 0 aliphatic rings. The van der Waals surface area contributed by atoms with Crippen LogP contribution in [0.5, 0.6) is 5.75 Å². The van der Waals surface area contributed by atoms with Gasteiger partial charge >= 0.3 is 0 Å². The first kappa shape index (κ1) is 8.38. The van der Waals surface area contributed by atoms with Gasteiger partial charge in [-0.1, -0.05) is 6.92 Å². The predicted octanol–water partition coefficient (Wildman–Crippen LogP) is 2.75. The highest BCUT2D eigenvalue weighted by Gasteiger charge is 2.05. The average molecular weight is 193 g/mol. The molecule has 2 nitrogen and oxygen atoms in total. The van der Waals surface area contributed by atoms with Crippen LogP contribution in [0.1, 0.15) is 11.8 Å². The van der Waals surface area contributed by atoms with Gasteiger partial charge in [-0.05, 0) is 18.6 Å². The molecule has 13 heavy (non-hydrogen) atoms. The highest BCUT2D eigenvalue weighted by Crippen LogP contribution is 2.34. The zero-order valence-corrected chi connectivity index (χ0v) is 8.19.